The Balaban J connectivity index is 1.06. The number of anilines is 3. The van der Waals surface area contributed by atoms with Gasteiger partial charge in [-0.2, -0.15) is 0 Å². The van der Waals surface area contributed by atoms with Gasteiger partial charge in [0.15, 0.2) is 0 Å². The van der Waals surface area contributed by atoms with Crippen molar-refractivity contribution in [1.82, 2.24) is 4.57 Å². The van der Waals surface area contributed by atoms with Crippen LogP contribution in [0.4, 0.5) is 17.1 Å². The van der Waals surface area contributed by atoms with Gasteiger partial charge in [0.25, 0.3) is 0 Å². The maximum atomic E-state index is 2.37. The van der Waals surface area contributed by atoms with E-state index in [9.17, 15) is 0 Å². The standard InChI is InChI=1S/C52H36N2/c1-3-13-37(14-4-1)38-23-27-41(28-24-38)53(43-31-33-44(34-32-43)54-51-21-11-9-19-49(51)50-20-10-12-22-52(50)54)42-29-25-40(26-30-42)46-36-35-45(39-15-5-2-6-16-39)47-17-7-8-18-48(46)47/h1-36H. The number of para-hydroxylation sites is 2. The summed E-state index contributed by atoms with van der Waals surface area (Å²) < 4.78 is 2.37. The van der Waals surface area contributed by atoms with Gasteiger partial charge in [-0.25, -0.2) is 0 Å². The van der Waals surface area contributed by atoms with Crippen molar-refractivity contribution < 1.29 is 0 Å². The topological polar surface area (TPSA) is 8.17 Å². The molecule has 0 amide bonds. The quantitative estimate of drug-likeness (QED) is 0.162. The van der Waals surface area contributed by atoms with Crippen molar-refractivity contribution in [3.63, 3.8) is 0 Å². The van der Waals surface area contributed by atoms with Crippen LogP contribution in [0.1, 0.15) is 0 Å². The van der Waals surface area contributed by atoms with Crippen molar-refractivity contribution in [2.75, 3.05) is 4.90 Å². The Morgan fingerprint density at radius 3 is 1.11 bits per heavy atom. The minimum absolute atomic E-state index is 1.09. The first-order valence-electron chi connectivity index (χ1n) is 18.5. The summed E-state index contributed by atoms with van der Waals surface area (Å²) in [7, 11) is 0. The van der Waals surface area contributed by atoms with Crippen LogP contribution < -0.4 is 4.90 Å². The summed E-state index contributed by atoms with van der Waals surface area (Å²) in [6, 6.07) is 78.8. The van der Waals surface area contributed by atoms with Gasteiger partial charge in [-0.3, -0.25) is 0 Å². The van der Waals surface area contributed by atoms with Gasteiger partial charge in [0.05, 0.1) is 11.0 Å². The van der Waals surface area contributed by atoms with Gasteiger partial charge in [-0.05, 0) is 105 Å². The number of nitrogens with zero attached hydrogens (tertiary/aromatic N) is 2. The monoisotopic (exact) mass is 688 g/mol. The van der Waals surface area contributed by atoms with Crippen molar-refractivity contribution in [2.24, 2.45) is 0 Å². The Labute approximate surface area is 315 Å². The molecule has 0 aliphatic rings. The van der Waals surface area contributed by atoms with Crippen LogP contribution in [0.2, 0.25) is 0 Å². The lowest BCUT2D eigenvalue weighted by atomic mass is 9.92. The lowest BCUT2D eigenvalue weighted by molar-refractivity contribution is 1.17. The predicted octanol–water partition coefficient (Wildman–Crippen LogP) is 14.4. The fraction of sp³-hybridized carbons (Fsp3) is 0. The second-order valence-corrected chi connectivity index (χ2v) is 13.8. The van der Waals surface area contributed by atoms with E-state index >= 15 is 0 Å². The van der Waals surface area contributed by atoms with Gasteiger partial charge >= 0.3 is 0 Å². The predicted molar refractivity (Wildman–Crippen MR) is 229 cm³/mol. The van der Waals surface area contributed by atoms with E-state index in [0.29, 0.717) is 0 Å². The van der Waals surface area contributed by atoms with Gasteiger partial charge in [0.2, 0.25) is 0 Å². The first-order valence-corrected chi connectivity index (χ1v) is 18.5. The molecule has 1 aromatic heterocycles. The smallest absolute Gasteiger partial charge is 0.0541 e. The van der Waals surface area contributed by atoms with E-state index < -0.39 is 0 Å². The fourth-order valence-corrected chi connectivity index (χ4v) is 8.04. The first kappa shape index (κ1) is 31.6. The molecule has 0 unspecified atom stereocenters. The van der Waals surface area contributed by atoms with E-state index in [4.69, 9.17) is 0 Å². The summed E-state index contributed by atoms with van der Waals surface area (Å²) in [5, 5.41) is 5.04. The van der Waals surface area contributed by atoms with E-state index in [2.05, 4.69) is 228 Å². The SMILES string of the molecule is c1ccc(-c2ccc(N(c3ccc(-c4ccc(-c5ccccc5)c5ccccc45)cc3)c3ccc(-n4c5ccccc5c5ccccc54)cc3)cc2)cc1. The number of fused-ring (bicyclic) bond motifs is 4. The van der Waals surface area contributed by atoms with Crippen LogP contribution in [0.25, 0.3) is 71.6 Å². The van der Waals surface area contributed by atoms with E-state index in [-0.39, 0.29) is 0 Å². The fourth-order valence-electron chi connectivity index (χ4n) is 8.04. The molecule has 0 atom stereocenters. The van der Waals surface area contributed by atoms with E-state index in [1.54, 1.807) is 0 Å². The van der Waals surface area contributed by atoms with Gasteiger partial charge in [0.1, 0.15) is 0 Å². The molecule has 2 heteroatoms. The van der Waals surface area contributed by atoms with E-state index in [1.807, 2.05) is 0 Å². The van der Waals surface area contributed by atoms with Crippen molar-refractivity contribution in [1.29, 1.82) is 0 Å². The van der Waals surface area contributed by atoms with Crippen LogP contribution >= 0.6 is 0 Å². The highest BCUT2D eigenvalue weighted by Crippen LogP contribution is 2.40. The number of aromatic nitrogens is 1. The molecular formula is C52H36N2. The molecule has 254 valence electrons. The lowest BCUT2D eigenvalue weighted by Crippen LogP contribution is -2.10. The van der Waals surface area contributed by atoms with Gasteiger partial charge in [-0.15, -0.1) is 0 Å². The van der Waals surface area contributed by atoms with Gasteiger partial charge in [0, 0.05) is 33.5 Å². The second-order valence-electron chi connectivity index (χ2n) is 13.8. The molecule has 9 aromatic carbocycles. The van der Waals surface area contributed by atoms with Gasteiger partial charge in [-0.1, -0.05) is 158 Å². The Hall–Kier alpha value is -7.16. The minimum Gasteiger partial charge on any atom is -0.311 e. The minimum atomic E-state index is 1.09. The molecule has 0 saturated carbocycles. The molecule has 0 aliphatic carbocycles. The Morgan fingerprint density at radius 1 is 0.259 bits per heavy atom. The molecule has 0 N–H and O–H groups in total. The Bertz CT molecular complexity index is 2830. The molecule has 0 saturated heterocycles. The molecule has 0 radical (unpaired) electrons. The zero-order chi connectivity index (χ0) is 35.8. The molecule has 10 rings (SSSR count). The molecule has 0 spiro atoms. The molecular weight excluding hydrogens is 653 g/mol. The third kappa shape index (κ3) is 5.53. The maximum Gasteiger partial charge on any atom is 0.0541 e. The zero-order valence-corrected chi connectivity index (χ0v) is 29.7. The number of benzene rings is 9. The molecule has 54 heavy (non-hydrogen) atoms. The van der Waals surface area contributed by atoms with Crippen molar-refractivity contribution in [2.45, 2.75) is 0 Å². The largest absolute Gasteiger partial charge is 0.311 e. The lowest BCUT2D eigenvalue weighted by Gasteiger charge is -2.26. The van der Waals surface area contributed by atoms with Crippen LogP contribution in [0, 0.1) is 0 Å². The number of hydrogen-bond donors (Lipinski definition) is 0. The summed E-state index contributed by atoms with van der Waals surface area (Å²) in [6.45, 7) is 0. The highest BCUT2D eigenvalue weighted by molar-refractivity contribution is 6.09. The van der Waals surface area contributed by atoms with Gasteiger partial charge < -0.3 is 9.47 Å². The summed E-state index contributed by atoms with van der Waals surface area (Å²) in [4.78, 5) is 2.35. The van der Waals surface area contributed by atoms with Crippen LogP contribution in [-0.4, -0.2) is 4.57 Å². The number of rotatable bonds is 7. The van der Waals surface area contributed by atoms with Crippen LogP contribution in [0.5, 0.6) is 0 Å². The molecule has 1 heterocycles. The van der Waals surface area contributed by atoms with E-state index in [0.717, 1.165) is 22.7 Å². The van der Waals surface area contributed by atoms with Crippen LogP contribution in [0.15, 0.2) is 218 Å². The van der Waals surface area contributed by atoms with Crippen molar-refractivity contribution >= 4 is 49.6 Å². The normalized spacial score (nSPS) is 11.3. The average Bonchev–Trinajstić information content (AvgIpc) is 3.59. The Morgan fingerprint density at radius 2 is 0.611 bits per heavy atom. The summed E-state index contributed by atoms with van der Waals surface area (Å²) >= 11 is 0. The van der Waals surface area contributed by atoms with E-state index in [1.165, 1.54) is 66.0 Å². The molecule has 0 aliphatic heterocycles. The highest BCUT2D eigenvalue weighted by atomic mass is 15.1. The summed E-state index contributed by atoms with van der Waals surface area (Å²) in [5.74, 6) is 0. The molecule has 10 aromatic rings. The first-order chi connectivity index (χ1) is 26.8. The highest BCUT2D eigenvalue weighted by Gasteiger charge is 2.17. The van der Waals surface area contributed by atoms with Crippen LogP contribution in [-0.2, 0) is 0 Å². The third-order valence-corrected chi connectivity index (χ3v) is 10.6. The van der Waals surface area contributed by atoms with Crippen LogP contribution in [0.3, 0.4) is 0 Å². The molecule has 0 bridgehead atoms. The summed E-state index contributed by atoms with van der Waals surface area (Å²) in [6.07, 6.45) is 0. The summed E-state index contributed by atoms with van der Waals surface area (Å²) in [5.41, 5.74) is 14.2. The third-order valence-electron chi connectivity index (χ3n) is 10.6. The molecule has 2 nitrogen and oxygen atoms in total. The van der Waals surface area contributed by atoms with Crippen molar-refractivity contribution in [3.8, 4) is 39.1 Å². The molecule has 0 fully saturated rings. The zero-order valence-electron chi connectivity index (χ0n) is 29.7. The second kappa shape index (κ2) is 13.4. The maximum absolute atomic E-state index is 2.37. The Kier molecular flexibility index (Phi) is 7.85. The van der Waals surface area contributed by atoms with Crippen molar-refractivity contribution in [3.05, 3.63) is 218 Å². The average molecular weight is 689 g/mol. The number of hydrogen-bond acceptors (Lipinski definition) is 1.